The highest BCUT2D eigenvalue weighted by atomic mass is 32.1. The first-order chi connectivity index (χ1) is 15.9. The van der Waals surface area contributed by atoms with Crippen LogP contribution >= 0.6 is 11.3 Å². The Morgan fingerprint density at radius 2 is 1.91 bits per heavy atom. The molecule has 2 heterocycles. The van der Waals surface area contributed by atoms with E-state index in [9.17, 15) is 4.79 Å². The van der Waals surface area contributed by atoms with Gasteiger partial charge in [-0.05, 0) is 79.3 Å². The molecule has 0 saturated carbocycles. The van der Waals surface area contributed by atoms with E-state index in [2.05, 4.69) is 24.4 Å². The molecule has 2 aromatic carbocycles. The molecule has 0 bridgehead atoms. The van der Waals surface area contributed by atoms with Crippen molar-refractivity contribution in [2.45, 2.75) is 38.1 Å². The average molecular weight is 469 g/mol. The van der Waals surface area contributed by atoms with Crippen LogP contribution in [0, 0.1) is 0 Å². The molecule has 0 aliphatic carbocycles. The topological polar surface area (TPSA) is 74.0 Å². The number of carbonyl (C=O) groups is 1. The van der Waals surface area contributed by atoms with Gasteiger partial charge in [0.15, 0.2) is 11.5 Å². The number of methoxy groups -OCH3 is 3. The maximum atomic E-state index is 13.1. The van der Waals surface area contributed by atoms with Gasteiger partial charge < -0.3 is 24.8 Å². The first-order valence-corrected chi connectivity index (χ1v) is 12.1. The van der Waals surface area contributed by atoms with Crippen molar-refractivity contribution in [3.8, 4) is 17.2 Å². The molecule has 1 aromatic heterocycles. The molecule has 2 N–H and O–H groups in total. The molecule has 3 aromatic rings. The molecule has 6 nitrogen and oxygen atoms in total. The number of fused-ring (bicyclic) bond motifs is 2. The Balaban J connectivity index is 1.39. The lowest BCUT2D eigenvalue weighted by Crippen LogP contribution is -2.44. The number of hydrogen-bond acceptors (Lipinski definition) is 6. The normalized spacial score (nSPS) is 15.3. The number of rotatable bonds is 9. The molecular formula is C26H32N2O4S. The van der Waals surface area contributed by atoms with Gasteiger partial charge in [0.05, 0.1) is 21.3 Å². The van der Waals surface area contributed by atoms with E-state index in [1.807, 2.05) is 17.0 Å². The molecule has 0 spiro atoms. The van der Waals surface area contributed by atoms with Crippen molar-refractivity contribution in [2.24, 2.45) is 5.73 Å². The van der Waals surface area contributed by atoms with Crippen molar-refractivity contribution in [1.82, 2.24) is 4.90 Å². The molecule has 7 heteroatoms. The van der Waals surface area contributed by atoms with Crippen LogP contribution in [-0.2, 0) is 12.8 Å². The summed E-state index contributed by atoms with van der Waals surface area (Å²) >= 11 is 1.75. The van der Waals surface area contributed by atoms with Crippen LogP contribution < -0.4 is 19.9 Å². The fourth-order valence-electron chi connectivity index (χ4n) is 4.49. The zero-order chi connectivity index (χ0) is 23.6. The minimum absolute atomic E-state index is 0.0314. The number of aryl methyl sites for hydroxylation is 1. The summed E-state index contributed by atoms with van der Waals surface area (Å²) in [4.78, 5) is 15.0. The molecule has 0 fully saturated rings. The van der Waals surface area contributed by atoms with E-state index in [1.54, 1.807) is 38.7 Å². The van der Waals surface area contributed by atoms with E-state index >= 15 is 0 Å². The van der Waals surface area contributed by atoms with Crippen molar-refractivity contribution in [2.75, 3.05) is 34.4 Å². The lowest BCUT2D eigenvalue weighted by Gasteiger charge is -2.33. The van der Waals surface area contributed by atoms with Gasteiger partial charge in [0.1, 0.15) is 5.75 Å². The summed E-state index contributed by atoms with van der Waals surface area (Å²) in [6.45, 7) is 3.37. The molecule has 0 radical (unpaired) electrons. The van der Waals surface area contributed by atoms with Crippen molar-refractivity contribution in [3.63, 3.8) is 0 Å². The van der Waals surface area contributed by atoms with Crippen LogP contribution in [0.5, 0.6) is 17.2 Å². The Morgan fingerprint density at radius 1 is 1.09 bits per heavy atom. The van der Waals surface area contributed by atoms with Crippen LogP contribution in [0.2, 0.25) is 0 Å². The second kappa shape index (κ2) is 9.61. The molecule has 1 atom stereocenters. The summed E-state index contributed by atoms with van der Waals surface area (Å²) in [5.41, 5.74) is 9.22. The first kappa shape index (κ1) is 23.4. The van der Waals surface area contributed by atoms with Crippen molar-refractivity contribution < 1.29 is 19.0 Å². The number of nitrogens with zero attached hydrogens (tertiary/aromatic N) is 1. The zero-order valence-electron chi connectivity index (χ0n) is 19.8. The van der Waals surface area contributed by atoms with Gasteiger partial charge in [0.2, 0.25) is 0 Å². The Labute approximate surface area is 199 Å². The number of amides is 1. The SMILES string of the molecule is COc1ccc2scc(CCC(C)(N)CCN3CCc4c(ccc(OC)c4OC)C3=O)c2c1. The van der Waals surface area contributed by atoms with Crippen molar-refractivity contribution in [3.05, 3.63) is 52.4 Å². The number of thiophene rings is 1. The maximum Gasteiger partial charge on any atom is 0.254 e. The Morgan fingerprint density at radius 3 is 2.64 bits per heavy atom. The van der Waals surface area contributed by atoms with Crippen LogP contribution in [0.1, 0.15) is 41.3 Å². The highest BCUT2D eigenvalue weighted by molar-refractivity contribution is 7.17. The second-order valence-corrected chi connectivity index (χ2v) is 9.81. The number of ether oxygens (including phenoxy) is 3. The van der Waals surface area contributed by atoms with Gasteiger partial charge in [-0.3, -0.25) is 4.79 Å². The molecule has 33 heavy (non-hydrogen) atoms. The van der Waals surface area contributed by atoms with E-state index < -0.39 is 0 Å². The molecule has 1 aliphatic rings. The highest BCUT2D eigenvalue weighted by Crippen LogP contribution is 2.36. The van der Waals surface area contributed by atoms with Crippen LogP contribution in [-0.4, -0.2) is 50.8 Å². The predicted octanol–water partition coefficient (Wildman–Crippen LogP) is 4.67. The number of benzene rings is 2. The van der Waals surface area contributed by atoms with E-state index in [4.69, 9.17) is 19.9 Å². The third kappa shape index (κ3) is 4.80. The van der Waals surface area contributed by atoms with Gasteiger partial charge in [-0.15, -0.1) is 11.3 Å². The zero-order valence-corrected chi connectivity index (χ0v) is 20.6. The van der Waals surface area contributed by atoms with Crippen LogP contribution in [0.15, 0.2) is 35.7 Å². The van der Waals surface area contributed by atoms with Gasteiger partial charge >= 0.3 is 0 Å². The maximum absolute atomic E-state index is 13.1. The first-order valence-electron chi connectivity index (χ1n) is 11.2. The van der Waals surface area contributed by atoms with E-state index in [-0.39, 0.29) is 11.4 Å². The summed E-state index contributed by atoms with van der Waals surface area (Å²) < 4.78 is 17.5. The van der Waals surface area contributed by atoms with Gasteiger partial charge in [-0.1, -0.05) is 0 Å². The standard InChI is InChI=1S/C26H32N2O4S/c1-26(27,11-9-17-16-33-23-8-5-18(30-2)15-21(17)23)12-14-28-13-10-19-20(25(28)29)6-7-22(31-3)24(19)32-4/h5-8,15-16H,9-14,27H2,1-4H3. The molecule has 1 aliphatic heterocycles. The molecule has 4 rings (SSSR count). The fraction of sp³-hybridized carbons (Fsp3) is 0.423. The van der Waals surface area contributed by atoms with Gasteiger partial charge in [-0.2, -0.15) is 0 Å². The van der Waals surface area contributed by atoms with Crippen LogP contribution in [0.3, 0.4) is 0 Å². The summed E-state index contributed by atoms with van der Waals surface area (Å²) in [6, 6.07) is 9.83. The van der Waals surface area contributed by atoms with E-state index in [1.165, 1.54) is 15.6 Å². The van der Waals surface area contributed by atoms with Gasteiger partial charge in [0.25, 0.3) is 5.91 Å². The van der Waals surface area contributed by atoms with Crippen molar-refractivity contribution in [1.29, 1.82) is 0 Å². The predicted molar refractivity (Wildman–Crippen MR) is 133 cm³/mol. The van der Waals surface area contributed by atoms with Crippen LogP contribution in [0.25, 0.3) is 10.1 Å². The summed E-state index contributed by atoms with van der Waals surface area (Å²) in [7, 11) is 4.91. The largest absolute Gasteiger partial charge is 0.497 e. The highest BCUT2D eigenvalue weighted by Gasteiger charge is 2.30. The second-order valence-electron chi connectivity index (χ2n) is 8.90. The lowest BCUT2D eigenvalue weighted by atomic mass is 9.90. The monoisotopic (exact) mass is 468 g/mol. The molecular weight excluding hydrogens is 436 g/mol. The number of carbonyl (C=O) groups excluding carboxylic acids is 1. The third-order valence-electron chi connectivity index (χ3n) is 6.58. The smallest absolute Gasteiger partial charge is 0.254 e. The summed E-state index contributed by atoms with van der Waals surface area (Å²) in [6.07, 6.45) is 3.23. The summed E-state index contributed by atoms with van der Waals surface area (Å²) in [5, 5.41) is 3.45. The third-order valence-corrected chi connectivity index (χ3v) is 7.59. The van der Waals surface area contributed by atoms with Crippen molar-refractivity contribution >= 4 is 27.3 Å². The quantitative estimate of drug-likeness (QED) is 0.494. The minimum Gasteiger partial charge on any atom is -0.497 e. The number of hydrogen-bond donors (Lipinski definition) is 1. The fourth-order valence-corrected chi connectivity index (χ4v) is 5.47. The van der Waals surface area contributed by atoms with E-state index in [0.717, 1.165) is 37.0 Å². The summed E-state index contributed by atoms with van der Waals surface area (Å²) in [5.74, 6) is 2.22. The van der Waals surface area contributed by atoms with Gasteiger partial charge in [-0.25, -0.2) is 0 Å². The Hall–Kier alpha value is -2.77. The van der Waals surface area contributed by atoms with E-state index in [0.29, 0.717) is 30.2 Å². The number of nitrogens with two attached hydrogens (primary N) is 1. The molecule has 1 unspecified atom stereocenters. The minimum atomic E-state index is -0.370. The van der Waals surface area contributed by atoms with Gasteiger partial charge in [0, 0.05) is 34.5 Å². The lowest BCUT2D eigenvalue weighted by molar-refractivity contribution is 0.0725. The Bertz CT molecular complexity index is 1150. The van der Waals surface area contributed by atoms with Crippen LogP contribution in [0.4, 0.5) is 0 Å². The molecule has 176 valence electrons. The Kier molecular flexibility index (Phi) is 6.81. The molecule has 1 amide bonds. The molecule has 0 saturated heterocycles. The average Bonchev–Trinajstić information content (AvgIpc) is 3.23.